The first-order valence-corrected chi connectivity index (χ1v) is 7.51. The Hall–Kier alpha value is -1.17. The van der Waals surface area contributed by atoms with Crippen molar-refractivity contribution in [1.29, 1.82) is 0 Å². The smallest absolute Gasteiger partial charge is 0.109 e. The number of hydrogen-bond donors (Lipinski definition) is 6. The van der Waals surface area contributed by atoms with Crippen LogP contribution in [0.15, 0.2) is 18.5 Å². The minimum absolute atomic E-state index is 0.0613. The van der Waals surface area contributed by atoms with E-state index in [0.717, 1.165) is 0 Å². The molecule has 4 unspecified atom stereocenters. The molecule has 0 aliphatic carbocycles. The molecule has 0 fully saturated rings. The van der Waals surface area contributed by atoms with E-state index in [1.54, 1.807) is 6.07 Å². The highest BCUT2D eigenvalue weighted by atomic mass is 16.5. The minimum Gasteiger partial charge on any atom is -0.394 e. The van der Waals surface area contributed by atoms with E-state index in [9.17, 15) is 10.2 Å². The first-order chi connectivity index (χ1) is 11.5. The van der Waals surface area contributed by atoms with Crippen LogP contribution < -0.4 is 0 Å². The minimum atomic E-state index is -1.18. The molecule has 0 aliphatic heterocycles. The second-order valence-corrected chi connectivity index (χ2v) is 5.27. The molecule has 24 heavy (non-hydrogen) atoms. The number of hydrogen-bond acceptors (Lipinski definition) is 9. The van der Waals surface area contributed by atoms with Crippen molar-refractivity contribution >= 4 is 0 Å². The quantitative estimate of drug-likeness (QED) is 0.242. The van der Waals surface area contributed by atoms with Gasteiger partial charge in [0.05, 0.1) is 39.6 Å². The molecule has 1 aromatic rings. The van der Waals surface area contributed by atoms with Gasteiger partial charge in [0, 0.05) is 12.4 Å². The molecule has 0 saturated heterocycles. The predicted octanol–water partition coefficient (Wildman–Crippen LogP) is -2.46. The second-order valence-electron chi connectivity index (χ2n) is 5.27. The van der Waals surface area contributed by atoms with Crippen LogP contribution in [0.1, 0.15) is 11.1 Å². The number of aromatic nitrogens is 1. The van der Waals surface area contributed by atoms with Crippen molar-refractivity contribution in [3.8, 4) is 0 Å². The van der Waals surface area contributed by atoms with E-state index in [4.69, 9.17) is 29.9 Å². The largest absolute Gasteiger partial charge is 0.394 e. The van der Waals surface area contributed by atoms with Gasteiger partial charge in [-0.3, -0.25) is 4.98 Å². The van der Waals surface area contributed by atoms with Crippen molar-refractivity contribution in [3.05, 3.63) is 29.6 Å². The van der Waals surface area contributed by atoms with Crippen LogP contribution in [0.4, 0.5) is 0 Å². The fourth-order valence-corrected chi connectivity index (χ4v) is 1.91. The molecule has 1 aromatic heterocycles. The molecule has 9 heteroatoms. The summed E-state index contributed by atoms with van der Waals surface area (Å²) in [5.41, 5.74) is 1.31. The zero-order chi connectivity index (χ0) is 17.9. The molecule has 4 atom stereocenters. The van der Waals surface area contributed by atoms with Crippen molar-refractivity contribution in [1.82, 2.24) is 4.98 Å². The third-order valence-electron chi connectivity index (χ3n) is 3.37. The van der Waals surface area contributed by atoms with Gasteiger partial charge in [0.25, 0.3) is 0 Å². The molecule has 0 bridgehead atoms. The fourth-order valence-electron chi connectivity index (χ4n) is 1.91. The van der Waals surface area contributed by atoms with Gasteiger partial charge in [0.1, 0.15) is 24.4 Å². The normalized spacial score (nSPS) is 16.6. The maximum atomic E-state index is 9.46. The zero-order valence-electron chi connectivity index (χ0n) is 13.2. The monoisotopic (exact) mass is 347 g/mol. The van der Waals surface area contributed by atoms with Gasteiger partial charge >= 0.3 is 0 Å². The van der Waals surface area contributed by atoms with Crippen LogP contribution >= 0.6 is 0 Å². The lowest BCUT2D eigenvalue weighted by Gasteiger charge is -2.20. The lowest BCUT2D eigenvalue weighted by Crippen LogP contribution is -2.35. The molecular formula is C15H25NO8. The highest BCUT2D eigenvalue weighted by Crippen LogP contribution is 2.10. The van der Waals surface area contributed by atoms with Crippen molar-refractivity contribution < 1.29 is 40.1 Å². The van der Waals surface area contributed by atoms with Gasteiger partial charge in [-0.15, -0.1) is 0 Å². The molecule has 138 valence electrons. The van der Waals surface area contributed by atoms with Gasteiger partial charge in [-0.05, 0) is 17.2 Å². The van der Waals surface area contributed by atoms with Gasteiger partial charge in [-0.25, -0.2) is 0 Å². The summed E-state index contributed by atoms with van der Waals surface area (Å²) in [6.45, 7) is -1.79. The average molecular weight is 347 g/mol. The number of nitrogens with zero attached hydrogens (tertiary/aromatic N) is 1. The van der Waals surface area contributed by atoms with E-state index in [2.05, 4.69) is 4.98 Å². The first-order valence-electron chi connectivity index (χ1n) is 7.51. The Labute approximate surface area is 139 Å². The highest BCUT2D eigenvalue weighted by Gasteiger charge is 2.19. The van der Waals surface area contributed by atoms with Gasteiger partial charge < -0.3 is 40.1 Å². The molecule has 0 aromatic carbocycles. The van der Waals surface area contributed by atoms with Gasteiger partial charge in [0.15, 0.2) is 0 Å². The maximum Gasteiger partial charge on any atom is 0.109 e. The van der Waals surface area contributed by atoms with E-state index >= 15 is 0 Å². The van der Waals surface area contributed by atoms with Crippen LogP contribution in [0.2, 0.25) is 0 Å². The van der Waals surface area contributed by atoms with Crippen molar-refractivity contribution in [3.63, 3.8) is 0 Å². The van der Waals surface area contributed by atoms with E-state index in [1.807, 2.05) is 0 Å². The molecule has 6 N–H and O–H groups in total. The zero-order valence-corrected chi connectivity index (χ0v) is 13.2. The lowest BCUT2D eigenvalue weighted by atomic mass is 10.2. The molecule has 1 rings (SSSR count). The standard InChI is InChI=1S/C15H25NO8/c17-4-12(21)14(6-19)23-8-10-1-11(3-16-2-10)9-24-15(7-20)13(22)5-18/h1-3,12-15,17-22H,4-9H2. The number of pyridine rings is 1. The molecule has 0 radical (unpaired) electrons. The van der Waals surface area contributed by atoms with Crippen molar-refractivity contribution in [2.45, 2.75) is 37.6 Å². The van der Waals surface area contributed by atoms with E-state index in [0.29, 0.717) is 11.1 Å². The maximum absolute atomic E-state index is 9.46. The van der Waals surface area contributed by atoms with Crippen LogP contribution in [0, 0.1) is 0 Å². The highest BCUT2D eigenvalue weighted by molar-refractivity contribution is 5.16. The Morgan fingerprint density at radius 3 is 1.50 bits per heavy atom. The Balaban J connectivity index is 2.57. The van der Waals surface area contributed by atoms with Crippen LogP contribution in [0.5, 0.6) is 0 Å². The second kappa shape index (κ2) is 11.4. The molecular weight excluding hydrogens is 322 g/mol. The first kappa shape index (κ1) is 20.9. The van der Waals surface area contributed by atoms with E-state index < -0.39 is 50.8 Å². The summed E-state index contributed by atoms with van der Waals surface area (Å²) in [7, 11) is 0. The van der Waals surface area contributed by atoms with Crippen molar-refractivity contribution in [2.24, 2.45) is 0 Å². The fraction of sp³-hybridized carbons (Fsp3) is 0.667. The number of ether oxygens (including phenoxy) is 2. The summed E-state index contributed by atoms with van der Waals surface area (Å²) in [5.74, 6) is 0. The number of aliphatic hydroxyl groups excluding tert-OH is 6. The summed E-state index contributed by atoms with van der Waals surface area (Å²) in [4.78, 5) is 4.01. The molecule has 9 nitrogen and oxygen atoms in total. The Bertz CT molecular complexity index is 424. The Morgan fingerprint density at radius 2 is 1.17 bits per heavy atom. The predicted molar refractivity (Wildman–Crippen MR) is 81.7 cm³/mol. The third-order valence-corrected chi connectivity index (χ3v) is 3.37. The molecule has 0 saturated carbocycles. The molecule has 1 heterocycles. The summed E-state index contributed by atoms with van der Waals surface area (Å²) in [6.07, 6.45) is -1.11. The Kier molecular flexibility index (Phi) is 9.91. The van der Waals surface area contributed by atoms with Crippen LogP contribution in [0.25, 0.3) is 0 Å². The molecule has 0 spiro atoms. The number of aliphatic hydroxyl groups is 6. The lowest BCUT2D eigenvalue weighted by molar-refractivity contribution is -0.0873. The van der Waals surface area contributed by atoms with E-state index in [-0.39, 0.29) is 13.2 Å². The van der Waals surface area contributed by atoms with Crippen LogP contribution in [0.3, 0.4) is 0 Å². The molecule has 0 amide bonds. The summed E-state index contributed by atoms with van der Waals surface area (Å²) in [6, 6.07) is 1.71. The topological polar surface area (TPSA) is 153 Å². The van der Waals surface area contributed by atoms with Crippen LogP contribution in [-0.2, 0) is 22.7 Å². The Morgan fingerprint density at radius 1 is 0.750 bits per heavy atom. The summed E-state index contributed by atoms with van der Waals surface area (Å²) < 4.78 is 10.7. The average Bonchev–Trinajstić information content (AvgIpc) is 2.62. The van der Waals surface area contributed by atoms with Crippen molar-refractivity contribution in [2.75, 3.05) is 26.4 Å². The van der Waals surface area contributed by atoms with Gasteiger partial charge in [0.2, 0.25) is 0 Å². The van der Waals surface area contributed by atoms with Crippen LogP contribution in [-0.4, -0.2) is 86.5 Å². The SMILES string of the molecule is OCC(O)C(CO)OCc1cncc(COC(CO)C(O)CO)c1. The third kappa shape index (κ3) is 6.75. The number of rotatable bonds is 12. The molecule has 0 aliphatic rings. The summed E-state index contributed by atoms with van der Waals surface area (Å²) in [5, 5.41) is 54.9. The summed E-state index contributed by atoms with van der Waals surface area (Å²) >= 11 is 0. The van der Waals surface area contributed by atoms with Gasteiger partial charge in [-0.1, -0.05) is 0 Å². The van der Waals surface area contributed by atoms with E-state index in [1.165, 1.54) is 12.4 Å². The van der Waals surface area contributed by atoms with Gasteiger partial charge in [-0.2, -0.15) is 0 Å².